The molecule has 0 radical (unpaired) electrons. The van der Waals surface area contributed by atoms with Gasteiger partial charge in [-0.2, -0.15) is 5.26 Å². The van der Waals surface area contributed by atoms with E-state index in [1.165, 1.54) is 0 Å². The minimum absolute atomic E-state index is 0.245. The Morgan fingerprint density at radius 3 is 2.44 bits per heavy atom. The van der Waals surface area contributed by atoms with Crippen molar-refractivity contribution in [3.8, 4) is 17.3 Å². The monoisotopic (exact) mass is 483 g/mol. The first kappa shape index (κ1) is 25.3. The third-order valence-electron chi connectivity index (χ3n) is 6.43. The maximum Gasteiger partial charge on any atom is 0.255 e. The Morgan fingerprint density at radius 2 is 1.78 bits per heavy atom. The largest absolute Gasteiger partial charge is 0.397 e. The van der Waals surface area contributed by atoms with E-state index < -0.39 is 0 Å². The van der Waals surface area contributed by atoms with E-state index in [-0.39, 0.29) is 5.91 Å². The van der Waals surface area contributed by atoms with Crippen molar-refractivity contribution in [2.45, 2.75) is 6.54 Å². The Kier molecular flexibility index (Phi) is 8.28. The molecule has 1 saturated heterocycles. The molecule has 1 aliphatic heterocycles. The smallest absolute Gasteiger partial charge is 0.255 e. The molecule has 0 saturated carbocycles. The SMILES string of the molecule is CN(C)CCN1CCN(Cc2cnc(-c3ccc(C(=O)Nc4ccccc4N)cc3)c(C#N)c2)CC1. The minimum Gasteiger partial charge on any atom is -0.397 e. The summed E-state index contributed by atoms with van der Waals surface area (Å²) in [4.78, 5) is 24.4. The van der Waals surface area contributed by atoms with Crippen LogP contribution in [0.15, 0.2) is 60.8 Å². The van der Waals surface area contributed by atoms with Crippen molar-refractivity contribution >= 4 is 17.3 Å². The zero-order valence-corrected chi connectivity index (χ0v) is 20.9. The first-order chi connectivity index (χ1) is 17.4. The van der Waals surface area contributed by atoms with Crippen molar-refractivity contribution in [2.75, 3.05) is 64.4 Å². The van der Waals surface area contributed by atoms with Gasteiger partial charge >= 0.3 is 0 Å². The molecular weight excluding hydrogens is 450 g/mol. The molecule has 8 nitrogen and oxygen atoms in total. The Labute approximate surface area is 212 Å². The molecule has 0 unspecified atom stereocenters. The van der Waals surface area contributed by atoms with Crippen LogP contribution in [0.4, 0.5) is 11.4 Å². The van der Waals surface area contributed by atoms with Crippen LogP contribution in [-0.2, 0) is 6.54 Å². The van der Waals surface area contributed by atoms with Gasteiger partial charge in [-0.25, -0.2) is 0 Å². The van der Waals surface area contributed by atoms with Crippen LogP contribution in [0.1, 0.15) is 21.5 Å². The second kappa shape index (κ2) is 11.8. The number of aromatic nitrogens is 1. The summed E-state index contributed by atoms with van der Waals surface area (Å²) in [5, 5.41) is 12.6. The number of nitrogens with one attached hydrogen (secondary N) is 1. The van der Waals surface area contributed by atoms with Gasteiger partial charge in [0.05, 0.1) is 22.6 Å². The van der Waals surface area contributed by atoms with Gasteiger partial charge in [0, 0.05) is 63.1 Å². The van der Waals surface area contributed by atoms with Crippen molar-refractivity contribution in [1.29, 1.82) is 5.26 Å². The number of hydrogen-bond donors (Lipinski definition) is 2. The first-order valence-electron chi connectivity index (χ1n) is 12.2. The molecule has 36 heavy (non-hydrogen) atoms. The predicted molar refractivity (Wildman–Crippen MR) is 143 cm³/mol. The molecule has 1 aromatic heterocycles. The van der Waals surface area contributed by atoms with Gasteiger partial charge < -0.3 is 16.0 Å². The van der Waals surface area contributed by atoms with Gasteiger partial charge in [0.15, 0.2) is 0 Å². The molecule has 2 aromatic carbocycles. The molecule has 2 heterocycles. The fraction of sp³-hybridized carbons (Fsp3) is 0.321. The van der Waals surface area contributed by atoms with Gasteiger partial charge in [-0.1, -0.05) is 24.3 Å². The highest BCUT2D eigenvalue weighted by Crippen LogP contribution is 2.24. The highest BCUT2D eigenvalue weighted by Gasteiger charge is 2.18. The number of nitriles is 1. The lowest BCUT2D eigenvalue weighted by atomic mass is 10.0. The Morgan fingerprint density at radius 1 is 1.08 bits per heavy atom. The summed E-state index contributed by atoms with van der Waals surface area (Å²) in [6.45, 7) is 7.08. The van der Waals surface area contributed by atoms with Gasteiger partial charge in [-0.05, 0) is 50.0 Å². The average molecular weight is 484 g/mol. The molecule has 8 heteroatoms. The summed E-state index contributed by atoms with van der Waals surface area (Å²) in [5.74, 6) is -0.245. The normalized spacial score (nSPS) is 14.5. The Bertz CT molecular complexity index is 1230. The van der Waals surface area contributed by atoms with Crippen molar-refractivity contribution in [3.63, 3.8) is 0 Å². The van der Waals surface area contributed by atoms with Crippen molar-refractivity contribution in [2.24, 2.45) is 0 Å². The van der Waals surface area contributed by atoms with Crippen molar-refractivity contribution in [1.82, 2.24) is 19.7 Å². The molecule has 0 atom stereocenters. The summed E-state index contributed by atoms with van der Waals surface area (Å²) in [6, 6.07) is 18.5. The summed E-state index contributed by atoms with van der Waals surface area (Å²) in [7, 11) is 4.21. The van der Waals surface area contributed by atoms with Crippen LogP contribution >= 0.6 is 0 Å². The number of carbonyl (C=O) groups excluding carboxylic acids is 1. The molecule has 4 rings (SSSR count). The maximum absolute atomic E-state index is 12.6. The number of anilines is 2. The number of piperazine rings is 1. The number of para-hydroxylation sites is 2. The number of nitrogen functional groups attached to an aromatic ring is 1. The molecule has 0 bridgehead atoms. The van der Waals surface area contributed by atoms with E-state index in [4.69, 9.17) is 5.73 Å². The van der Waals surface area contributed by atoms with E-state index in [1.54, 1.807) is 24.3 Å². The van der Waals surface area contributed by atoms with Crippen molar-refractivity contribution < 1.29 is 4.79 Å². The predicted octanol–water partition coefficient (Wildman–Crippen LogP) is 3.13. The van der Waals surface area contributed by atoms with Crippen LogP contribution in [0.3, 0.4) is 0 Å². The van der Waals surface area contributed by atoms with Crippen LogP contribution in [0, 0.1) is 11.3 Å². The summed E-state index contributed by atoms with van der Waals surface area (Å²) in [5.41, 5.74) is 10.5. The third-order valence-corrected chi connectivity index (χ3v) is 6.43. The van der Waals surface area contributed by atoms with Crippen LogP contribution in [0.2, 0.25) is 0 Å². The molecule has 0 aliphatic carbocycles. The number of benzene rings is 2. The van der Waals surface area contributed by atoms with E-state index in [9.17, 15) is 10.1 Å². The highest BCUT2D eigenvalue weighted by atomic mass is 16.1. The zero-order chi connectivity index (χ0) is 25.5. The number of likely N-dealkylation sites (N-methyl/N-ethyl adjacent to an activating group) is 1. The summed E-state index contributed by atoms with van der Waals surface area (Å²) in [6.07, 6.45) is 1.85. The summed E-state index contributed by atoms with van der Waals surface area (Å²) >= 11 is 0. The van der Waals surface area contributed by atoms with E-state index in [0.717, 1.165) is 56.9 Å². The number of amides is 1. The Hall–Kier alpha value is -3.77. The van der Waals surface area contributed by atoms with Gasteiger partial charge in [0.25, 0.3) is 5.91 Å². The van der Waals surface area contributed by atoms with E-state index in [0.29, 0.717) is 28.2 Å². The number of rotatable bonds is 8. The second-order valence-electron chi connectivity index (χ2n) is 9.39. The van der Waals surface area contributed by atoms with Gasteiger partial charge in [-0.3, -0.25) is 19.6 Å². The number of nitrogens with two attached hydrogens (primary N) is 1. The molecule has 1 fully saturated rings. The molecular formula is C28H33N7O. The highest BCUT2D eigenvalue weighted by molar-refractivity contribution is 6.05. The topological polar surface area (TPSA) is 102 Å². The van der Waals surface area contributed by atoms with Crippen molar-refractivity contribution in [3.05, 3.63) is 77.5 Å². The Balaban J connectivity index is 1.39. The quantitative estimate of drug-likeness (QED) is 0.475. The minimum atomic E-state index is -0.245. The molecule has 1 amide bonds. The van der Waals surface area contributed by atoms with Crippen LogP contribution in [-0.4, -0.2) is 79.0 Å². The van der Waals surface area contributed by atoms with Crippen LogP contribution in [0.25, 0.3) is 11.3 Å². The lowest BCUT2D eigenvalue weighted by Crippen LogP contribution is -2.47. The molecule has 3 aromatic rings. The van der Waals surface area contributed by atoms with E-state index in [2.05, 4.69) is 45.2 Å². The number of nitrogens with zero attached hydrogens (tertiary/aromatic N) is 5. The van der Waals surface area contributed by atoms with Crippen LogP contribution < -0.4 is 11.1 Å². The maximum atomic E-state index is 12.6. The van der Waals surface area contributed by atoms with Gasteiger partial charge in [-0.15, -0.1) is 0 Å². The summed E-state index contributed by atoms with van der Waals surface area (Å²) < 4.78 is 0. The molecule has 0 spiro atoms. The zero-order valence-electron chi connectivity index (χ0n) is 20.9. The fourth-order valence-corrected chi connectivity index (χ4v) is 4.27. The van der Waals surface area contributed by atoms with E-state index >= 15 is 0 Å². The molecule has 186 valence electrons. The molecule has 1 aliphatic rings. The van der Waals surface area contributed by atoms with Gasteiger partial charge in [0.1, 0.15) is 6.07 Å². The third kappa shape index (κ3) is 6.46. The van der Waals surface area contributed by atoms with Gasteiger partial charge in [0.2, 0.25) is 0 Å². The standard InChI is InChI=1S/C28H33N7O/c1-33(2)11-12-34-13-15-35(16-14-34)20-21-17-24(18-29)27(31-19-21)22-7-9-23(10-8-22)28(36)32-26-6-4-3-5-25(26)30/h3-10,17,19H,11-16,20,30H2,1-2H3,(H,32,36). The lowest BCUT2D eigenvalue weighted by Gasteiger charge is -2.35. The number of hydrogen-bond acceptors (Lipinski definition) is 7. The van der Waals surface area contributed by atoms with Crippen LogP contribution in [0.5, 0.6) is 0 Å². The fourth-order valence-electron chi connectivity index (χ4n) is 4.27. The molecule has 3 N–H and O–H groups in total. The second-order valence-corrected chi connectivity index (χ2v) is 9.39. The lowest BCUT2D eigenvalue weighted by molar-refractivity contribution is 0.102. The van der Waals surface area contributed by atoms with E-state index in [1.807, 2.05) is 36.5 Å². The first-order valence-corrected chi connectivity index (χ1v) is 12.2. The number of pyridine rings is 1. The number of carbonyl (C=O) groups is 1. The average Bonchev–Trinajstić information content (AvgIpc) is 2.89.